The summed E-state index contributed by atoms with van der Waals surface area (Å²) >= 11 is 0. The van der Waals surface area contributed by atoms with Crippen LogP contribution in [0, 0.1) is 17.2 Å². The third-order valence-electron chi connectivity index (χ3n) is 1.42. The van der Waals surface area contributed by atoms with Gasteiger partial charge in [0.25, 0.3) is 0 Å². The van der Waals surface area contributed by atoms with Gasteiger partial charge in [0.1, 0.15) is 0 Å². The summed E-state index contributed by atoms with van der Waals surface area (Å²) < 4.78 is 0. The molecule has 0 aromatic heterocycles. The fraction of sp³-hybridized carbons (Fsp3) is 0.500. The van der Waals surface area contributed by atoms with Gasteiger partial charge in [-0.25, -0.2) is 0 Å². The zero-order valence-electron chi connectivity index (χ0n) is 4.65. The van der Waals surface area contributed by atoms with E-state index in [0.717, 1.165) is 13.1 Å². The van der Waals surface area contributed by atoms with E-state index in [-0.39, 0.29) is 0 Å². The molecule has 1 N–H and O–H groups in total. The number of rotatable bonds is 1. The van der Waals surface area contributed by atoms with Crippen molar-refractivity contribution < 1.29 is 0 Å². The zero-order valence-corrected chi connectivity index (χ0v) is 4.65. The van der Waals surface area contributed by atoms with E-state index < -0.39 is 0 Å². The van der Waals surface area contributed by atoms with Crippen molar-refractivity contribution in [3.8, 4) is 6.07 Å². The maximum atomic E-state index is 8.29. The second-order valence-electron chi connectivity index (χ2n) is 1.99. The van der Waals surface area contributed by atoms with E-state index in [1.807, 2.05) is 6.07 Å². The van der Waals surface area contributed by atoms with Gasteiger partial charge in [0.15, 0.2) is 0 Å². The van der Waals surface area contributed by atoms with Gasteiger partial charge in [-0.3, -0.25) is 0 Å². The molecular weight excluding hydrogens is 100 g/mol. The van der Waals surface area contributed by atoms with Crippen LogP contribution in [0.25, 0.3) is 0 Å². The van der Waals surface area contributed by atoms with Gasteiger partial charge in [0.05, 0.1) is 6.07 Å². The smallest absolute Gasteiger partial charge is 0.0944 e. The van der Waals surface area contributed by atoms with E-state index >= 15 is 0 Å². The minimum absolute atomic E-state index is 0.431. The molecule has 0 aliphatic carbocycles. The van der Waals surface area contributed by atoms with E-state index in [4.69, 9.17) is 5.26 Å². The summed E-state index contributed by atoms with van der Waals surface area (Å²) in [6, 6.07) is 2.03. The first kappa shape index (κ1) is 5.33. The minimum Gasteiger partial charge on any atom is -0.315 e. The Kier molecular flexibility index (Phi) is 1.32. The van der Waals surface area contributed by atoms with Gasteiger partial charge in [0.2, 0.25) is 0 Å². The Labute approximate surface area is 48.8 Å². The average Bonchev–Trinajstić information content (AvgIpc) is 1.62. The van der Waals surface area contributed by atoms with Crippen molar-refractivity contribution in [2.45, 2.75) is 0 Å². The maximum absolute atomic E-state index is 8.29. The number of nitrogens with one attached hydrogen (secondary N) is 1. The summed E-state index contributed by atoms with van der Waals surface area (Å²) in [6.45, 7) is 5.47. The molecule has 1 saturated heterocycles. The van der Waals surface area contributed by atoms with E-state index in [1.54, 1.807) is 0 Å². The van der Waals surface area contributed by atoms with Crippen molar-refractivity contribution in [1.82, 2.24) is 5.32 Å². The highest BCUT2D eigenvalue weighted by Crippen LogP contribution is 2.11. The maximum Gasteiger partial charge on any atom is 0.0944 e. The standard InChI is InChI=1S/C6H8N2/c1-5(2-7)6-3-8-4-6/h6,8H,1,3-4H2. The predicted molar refractivity (Wildman–Crippen MR) is 31.1 cm³/mol. The van der Waals surface area contributed by atoms with Crippen molar-refractivity contribution in [2.24, 2.45) is 5.92 Å². The zero-order chi connectivity index (χ0) is 5.98. The van der Waals surface area contributed by atoms with Crippen molar-refractivity contribution in [2.75, 3.05) is 13.1 Å². The van der Waals surface area contributed by atoms with Crippen LogP contribution in [-0.4, -0.2) is 13.1 Å². The first-order valence-electron chi connectivity index (χ1n) is 2.64. The molecule has 0 spiro atoms. The molecule has 0 saturated carbocycles. The molecule has 0 atom stereocenters. The van der Waals surface area contributed by atoms with Gasteiger partial charge >= 0.3 is 0 Å². The quantitative estimate of drug-likeness (QED) is 0.490. The molecule has 8 heavy (non-hydrogen) atoms. The largest absolute Gasteiger partial charge is 0.315 e. The molecule has 1 fully saturated rings. The molecule has 0 aromatic rings. The highest BCUT2D eigenvalue weighted by atomic mass is 14.9. The highest BCUT2D eigenvalue weighted by molar-refractivity contribution is 5.22. The molecule has 0 bridgehead atoms. The van der Waals surface area contributed by atoms with Crippen LogP contribution in [0.15, 0.2) is 12.2 Å². The monoisotopic (exact) mass is 108 g/mol. The topological polar surface area (TPSA) is 35.8 Å². The van der Waals surface area contributed by atoms with Crippen LogP contribution in [0.2, 0.25) is 0 Å². The van der Waals surface area contributed by atoms with Crippen LogP contribution >= 0.6 is 0 Å². The van der Waals surface area contributed by atoms with Gasteiger partial charge in [-0.05, 0) is 0 Å². The second-order valence-corrected chi connectivity index (χ2v) is 1.99. The van der Waals surface area contributed by atoms with Gasteiger partial charge in [-0.2, -0.15) is 5.26 Å². The van der Waals surface area contributed by atoms with Crippen molar-refractivity contribution in [3.63, 3.8) is 0 Å². The van der Waals surface area contributed by atoms with Crippen LogP contribution in [0.4, 0.5) is 0 Å². The van der Waals surface area contributed by atoms with Crippen LogP contribution in [0.5, 0.6) is 0 Å². The Morgan fingerprint density at radius 1 is 1.75 bits per heavy atom. The molecule has 1 heterocycles. The lowest BCUT2D eigenvalue weighted by atomic mass is 9.96. The molecule has 1 aliphatic rings. The third kappa shape index (κ3) is 0.728. The van der Waals surface area contributed by atoms with E-state index in [9.17, 15) is 0 Å². The summed E-state index contributed by atoms with van der Waals surface area (Å²) in [5, 5.41) is 11.4. The normalized spacial score (nSPS) is 18.9. The van der Waals surface area contributed by atoms with Gasteiger partial charge in [-0.15, -0.1) is 0 Å². The Morgan fingerprint density at radius 2 is 2.38 bits per heavy atom. The van der Waals surface area contributed by atoms with Crippen LogP contribution in [0.1, 0.15) is 0 Å². The van der Waals surface area contributed by atoms with Crippen LogP contribution in [0.3, 0.4) is 0 Å². The number of nitriles is 1. The first-order valence-corrected chi connectivity index (χ1v) is 2.64. The Bertz CT molecular complexity index is 139. The lowest BCUT2D eigenvalue weighted by molar-refractivity contribution is 0.408. The molecule has 0 amide bonds. The molecule has 1 rings (SSSR count). The van der Waals surface area contributed by atoms with Crippen LogP contribution < -0.4 is 5.32 Å². The summed E-state index contributed by atoms with van der Waals surface area (Å²) in [7, 11) is 0. The second kappa shape index (κ2) is 1.97. The van der Waals surface area contributed by atoms with Crippen molar-refractivity contribution in [1.29, 1.82) is 5.26 Å². The lowest BCUT2D eigenvalue weighted by Gasteiger charge is -2.25. The number of hydrogen-bond acceptors (Lipinski definition) is 2. The van der Waals surface area contributed by atoms with Gasteiger partial charge in [-0.1, -0.05) is 6.58 Å². The predicted octanol–water partition coefficient (Wildman–Crippen LogP) is 0.286. The number of nitrogens with zero attached hydrogens (tertiary/aromatic N) is 1. The Morgan fingerprint density at radius 3 is 2.50 bits per heavy atom. The van der Waals surface area contributed by atoms with Gasteiger partial charge < -0.3 is 5.32 Å². The SMILES string of the molecule is C=C(C#N)C1CNC1. The lowest BCUT2D eigenvalue weighted by Crippen LogP contribution is -2.42. The summed E-state index contributed by atoms with van der Waals surface area (Å²) in [5.74, 6) is 0.431. The van der Waals surface area contributed by atoms with E-state index in [1.165, 1.54) is 0 Å². The molecule has 1 aliphatic heterocycles. The van der Waals surface area contributed by atoms with Crippen LogP contribution in [-0.2, 0) is 0 Å². The Balaban J connectivity index is 2.37. The van der Waals surface area contributed by atoms with E-state index in [0.29, 0.717) is 11.5 Å². The molecule has 2 nitrogen and oxygen atoms in total. The van der Waals surface area contributed by atoms with Crippen molar-refractivity contribution in [3.05, 3.63) is 12.2 Å². The highest BCUT2D eigenvalue weighted by Gasteiger charge is 2.18. The average molecular weight is 108 g/mol. The fourth-order valence-electron chi connectivity index (χ4n) is 0.626. The van der Waals surface area contributed by atoms with Gasteiger partial charge in [0, 0.05) is 24.6 Å². The molecule has 0 unspecified atom stereocenters. The summed E-state index contributed by atoms with van der Waals surface area (Å²) in [4.78, 5) is 0. The van der Waals surface area contributed by atoms with E-state index in [2.05, 4.69) is 11.9 Å². The molecule has 0 aromatic carbocycles. The first-order chi connectivity index (χ1) is 3.84. The minimum atomic E-state index is 0.431. The number of hydrogen-bond donors (Lipinski definition) is 1. The molecule has 42 valence electrons. The van der Waals surface area contributed by atoms with Crippen molar-refractivity contribution >= 4 is 0 Å². The molecule has 0 radical (unpaired) electrons. The third-order valence-corrected chi connectivity index (χ3v) is 1.42. The summed E-state index contributed by atoms with van der Waals surface area (Å²) in [5.41, 5.74) is 0.712. The summed E-state index contributed by atoms with van der Waals surface area (Å²) in [6.07, 6.45) is 0. The fourth-order valence-corrected chi connectivity index (χ4v) is 0.626. The molecule has 2 heteroatoms. The Hall–Kier alpha value is -0.810. The molecular formula is C6H8N2.